The second-order valence-electron chi connectivity index (χ2n) is 6.17. The number of hydrogen-bond acceptors (Lipinski definition) is 3. The van der Waals surface area contributed by atoms with Crippen LogP contribution in [0.15, 0.2) is 0 Å². The van der Waals surface area contributed by atoms with Crippen molar-refractivity contribution in [2.24, 2.45) is 5.92 Å². The maximum Gasteiger partial charge on any atom is 0.336 e. The highest BCUT2D eigenvalue weighted by Crippen LogP contribution is 2.25. The van der Waals surface area contributed by atoms with Crippen LogP contribution in [-0.4, -0.2) is 45.8 Å². The topological polar surface area (TPSA) is 60.8 Å². The van der Waals surface area contributed by atoms with Gasteiger partial charge in [-0.2, -0.15) is 0 Å². The number of nitrogens with zero attached hydrogens (tertiary/aromatic N) is 1. The molecule has 0 saturated heterocycles. The van der Waals surface area contributed by atoms with Crippen LogP contribution < -0.4 is 0 Å². The smallest absolute Gasteiger partial charge is 0.336 e. The fourth-order valence-corrected chi connectivity index (χ4v) is 2.55. The van der Waals surface area contributed by atoms with Crippen molar-refractivity contribution in [1.29, 1.82) is 0 Å². The first-order chi connectivity index (χ1) is 8.33. The van der Waals surface area contributed by atoms with Crippen LogP contribution in [0.1, 0.15) is 52.9 Å². The van der Waals surface area contributed by atoms with E-state index in [1.54, 1.807) is 0 Å². The highest BCUT2D eigenvalue weighted by molar-refractivity contribution is 5.76. The minimum absolute atomic E-state index is 0.236. The van der Waals surface area contributed by atoms with Gasteiger partial charge in [0.15, 0.2) is 5.60 Å². The van der Waals surface area contributed by atoms with E-state index in [1.807, 2.05) is 0 Å². The number of carbonyl (C=O) groups is 1. The third kappa shape index (κ3) is 4.58. The predicted octanol–water partition coefficient (Wildman–Crippen LogP) is 2.11. The van der Waals surface area contributed by atoms with Gasteiger partial charge >= 0.3 is 5.97 Å². The maximum atomic E-state index is 11.0. The lowest BCUT2D eigenvalue weighted by molar-refractivity contribution is -0.159. The Morgan fingerprint density at radius 3 is 2.39 bits per heavy atom. The van der Waals surface area contributed by atoms with Crippen molar-refractivity contribution in [3.63, 3.8) is 0 Å². The van der Waals surface area contributed by atoms with Gasteiger partial charge in [-0.1, -0.05) is 26.7 Å². The molecule has 1 aliphatic rings. The Kier molecular flexibility index (Phi) is 5.60. The maximum absolute atomic E-state index is 11.0. The number of carboxylic acids is 1. The molecule has 4 heteroatoms. The van der Waals surface area contributed by atoms with Gasteiger partial charge in [0, 0.05) is 12.6 Å². The quantitative estimate of drug-likeness (QED) is 0.733. The van der Waals surface area contributed by atoms with E-state index in [9.17, 15) is 9.90 Å². The molecule has 0 aliphatic heterocycles. The number of aliphatic carboxylic acids is 1. The summed E-state index contributed by atoms with van der Waals surface area (Å²) in [6.07, 6.45) is 5.75. The van der Waals surface area contributed by atoms with Gasteiger partial charge in [0.25, 0.3) is 0 Å². The van der Waals surface area contributed by atoms with E-state index in [2.05, 4.69) is 18.7 Å². The van der Waals surface area contributed by atoms with Crippen molar-refractivity contribution >= 4 is 5.97 Å². The molecule has 0 aromatic heterocycles. The molecule has 0 radical (unpaired) electrons. The fraction of sp³-hybridized carbons (Fsp3) is 0.929. The molecule has 1 atom stereocenters. The van der Waals surface area contributed by atoms with Crippen LogP contribution in [0, 0.1) is 5.92 Å². The zero-order chi connectivity index (χ0) is 13.8. The van der Waals surface area contributed by atoms with Crippen molar-refractivity contribution in [1.82, 2.24) is 4.90 Å². The average Bonchev–Trinajstić information content (AvgIpc) is 2.76. The first kappa shape index (κ1) is 15.4. The SMILES string of the molecule is CC(C)CCN(CC(C)(O)C(=O)O)C1CCCC1. The fourth-order valence-electron chi connectivity index (χ4n) is 2.55. The number of aliphatic hydroxyl groups is 1. The highest BCUT2D eigenvalue weighted by atomic mass is 16.4. The Labute approximate surface area is 110 Å². The van der Waals surface area contributed by atoms with Gasteiger partial charge in [0.05, 0.1) is 0 Å². The zero-order valence-corrected chi connectivity index (χ0v) is 11.9. The zero-order valence-electron chi connectivity index (χ0n) is 11.9. The summed E-state index contributed by atoms with van der Waals surface area (Å²) in [4.78, 5) is 13.2. The molecule has 0 amide bonds. The van der Waals surface area contributed by atoms with E-state index in [0.717, 1.165) is 25.8 Å². The van der Waals surface area contributed by atoms with E-state index in [1.165, 1.54) is 19.8 Å². The summed E-state index contributed by atoms with van der Waals surface area (Å²) in [5, 5.41) is 19.0. The van der Waals surface area contributed by atoms with Crippen molar-refractivity contribution in [2.45, 2.75) is 64.5 Å². The molecule has 0 aromatic carbocycles. The normalized spacial score (nSPS) is 20.6. The van der Waals surface area contributed by atoms with Crippen molar-refractivity contribution in [3.8, 4) is 0 Å². The largest absolute Gasteiger partial charge is 0.479 e. The third-order valence-electron chi connectivity index (χ3n) is 3.81. The summed E-state index contributed by atoms with van der Waals surface area (Å²) in [5.74, 6) is -0.529. The number of rotatable bonds is 7. The van der Waals surface area contributed by atoms with Crippen LogP contribution in [0.4, 0.5) is 0 Å². The monoisotopic (exact) mass is 257 g/mol. The van der Waals surface area contributed by atoms with Gasteiger partial charge in [-0.3, -0.25) is 4.90 Å². The van der Waals surface area contributed by atoms with E-state index < -0.39 is 11.6 Å². The van der Waals surface area contributed by atoms with Gasteiger partial charge in [0.2, 0.25) is 0 Å². The van der Waals surface area contributed by atoms with Gasteiger partial charge in [-0.15, -0.1) is 0 Å². The summed E-state index contributed by atoms with van der Waals surface area (Å²) in [6, 6.07) is 0.453. The molecule has 18 heavy (non-hydrogen) atoms. The first-order valence-corrected chi connectivity index (χ1v) is 7.02. The lowest BCUT2D eigenvalue weighted by Crippen LogP contribution is -2.50. The summed E-state index contributed by atoms with van der Waals surface area (Å²) in [5.41, 5.74) is -1.64. The second-order valence-corrected chi connectivity index (χ2v) is 6.17. The molecule has 2 N–H and O–H groups in total. The molecule has 1 unspecified atom stereocenters. The van der Waals surface area contributed by atoms with Crippen molar-refractivity contribution < 1.29 is 15.0 Å². The molecule has 0 aromatic rings. The molecular weight excluding hydrogens is 230 g/mol. The number of carboxylic acid groups (broad SMARTS) is 1. The summed E-state index contributed by atoms with van der Waals surface area (Å²) < 4.78 is 0. The standard InChI is InChI=1S/C14H27NO3/c1-11(2)8-9-15(12-6-4-5-7-12)10-14(3,18)13(16)17/h11-12,18H,4-10H2,1-3H3,(H,16,17). The Hall–Kier alpha value is -0.610. The molecule has 1 aliphatic carbocycles. The summed E-state index contributed by atoms with van der Waals surface area (Å²) in [6.45, 7) is 6.85. The van der Waals surface area contributed by atoms with Crippen LogP contribution >= 0.6 is 0 Å². The Bertz CT molecular complexity index is 270. The Morgan fingerprint density at radius 1 is 1.39 bits per heavy atom. The summed E-state index contributed by atoms with van der Waals surface area (Å²) in [7, 11) is 0. The molecule has 0 bridgehead atoms. The highest BCUT2D eigenvalue weighted by Gasteiger charge is 2.35. The van der Waals surface area contributed by atoms with E-state index >= 15 is 0 Å². The number of hydrogen-bond donors (Lipinski definition) is 2. The van der Waals surface area contributed by atoms with Crippen LogP contribution in [-0.2, 0) is 4.79 Å². The summed E-state index contributed by atoms with van der Waals surface area (Å²) >= 11 is 0. The molecule has 106 valence electrons. The van der Waals surface area contributed by atoms with Gasteiger partial charge in [-0.25, -0.2) is 4.79 Å². The second kappa shape index (κ2) is 6.53. The molecule has 1 saturated carbocycles. The third-order valence-corrected chi connectivity index (χ3v) is 3.81. The van der Waals surface area contributed by atoms with Crippen LogP contribution in [0.3, 0.4) is 0 Å². The molecule has 4 nitrogen and oxygen atoms in total. The lowest BCUT2D eigenvalue weighted by Gasteiger charge is -2.34. The minimum Gasteiger partial charge on any atom is -0.479 e. The van der Waals surface area contributed by atoms with Crippen LogP contribution in [0.25, 0.3) is 0 Å². The van der Waals surface area contributed by atoms with Gasteiger partial charge in [0.1, 0.15) is 0 Å². The first-order valence-electron chi connectivity index (χ1n) is 7.02. The Morgan fingerprint density at radius 2 is 1.94 bits per heavy atom. The van der Waals surface area contributed by atoms with Gasteiger partial charge in [-0.05, 0) is 38.6 Å². The van der Waals surface area contributed by atoms with Gasteiger partial charge < -0.3 is 10.2 Å². The predicted molar refractivity (Wildman–Crippen MR) is 71.5 cm³/mol. The van der Waals surface area contributed by atoms with Crippen LogP contribution in [0.2, 0.25) is 0 Å². The minimum atomic E-state index is -1.64. The van der Waals surface area contributed by atoms with E-state index in [-0.39, 0.29) is 6.54 Å². The lowest BCUT2D eigenvalue weighted by atomic mass is 10.0. The molecule has 1 rings (SSSR count). The van der Waals surface area contributed by atoms with Crippen LogP contribution in [0.5, 0.6) is 0 Å². The van der Waals surface area contributed by atoms with E-state index in [0.29, 0.717) is 12.0 Å². The van der Waals surface area contributed by atoms with Crippen molar-refractivity contribution in [3.05, 3.63) is 0 Å². The molecule has 0 heterocycles. The average molecular weight is 257 g/mol. The molecule has 0 spiro atoms. The Balaban J connectivity index is 2.61. The molecule has 1 fully saturated rings. The van der Waals surface area contributed by atoms with E-state index in [4.69, 9.17) is 5.11 Å². The van der Waals surface area contributed by atoms with Crippen molar-refractivity contribution in [2.75, 3.05) is 13.1 Å². The molecular formula is C14H27NO3.